The first-order valence-corrected chi connectivity index (χ1v) is 8.66. The van der Waals surface area contributed by atoms with Gasteiger partial charge in [0.2, 0.25) is 0 Å². The first-order chi connectivity index (χ1) is 13.0. The molecule has 136 valence electrons. The Morgan fingerprint density at radius 2 is 1.85 bits per heavy atom. The van der Waals surface area contributed by atoms with Crippen molar-refractivity contribution in [1.82, 2.24) is 5.32 Å². The summed E-state index contributed by atoms with van der Waals surface area (Å²) in [5.74, 6) is -1.21. The van der Waals surface area contributed by atoms with Crippen LogP contribution in [-0.4, -0.2) is 0 Å². The van der Waals surface area contributed by atoms with Crippen molar-refractivity contribution < 1.29 is 13.2 Å². The lowest BCUT2D eigenvalue weighted by Crippen LogP contribution is -2.20. The predicted molar refractivity (Wildman–Crippen MR) is 102 cm³/mol. The summed E-state index contributed by atoms with van der Waals surface area (Å²) < 4.78 is 32.5. The molecule has 5 heteroatoms. The molecule has 4 aromatic rings. The molecular formula is C22H17F2NO2. The molecule has 3 nitrogen and oxygen atoms in total. The van der Waals surface area contributed by atoms with Crippen LogP contribution in [0.3, 0.4) is 0 Å². The van der Waals surface area contributed by atoms with Crippen LogP contribution in [0.4, 0.5) is 8.78 Å². The molecule has 0 bridgehead atoms. The summed E-state index contributed by atoms with van der Waals surface area (Å²) >= 11 is 0. The fourth-order valence-electron chi connectivity index (χ4n) is 3.39. The third kappa shape index (κ3) is 3.34. The van der Waals surface area contributed by atoms with Gasteiger partial charge in [0.05, 0.1) is 0 Å². The topological polar surface area (TPSA) is 42.2 Å². The molecule has 3 aromatic carbocycles. The van der Waals surface area contributed by atoms with Gasteiger partial charge in [0, 0.05) is 35.7 Å². The van der Waals surface area contributed by atoms with Crippen molar-refractivity contribution in [2.24, 2.45) is 0 Å². The first kappa shape index (κ1) is 17.4. The Hall–Kier alpha value is -3.05. The van der Waals surface area contributed by atoms with Crippen molar-refractivity contribution in [3.8, 4) is 0 Å². The Morgan fingerprint density at radius 3 is 2.67 bits per heavy atom. The second kappa shape index (κ2) is 6.93. The van der Waals surface area contributed by atoms with E-state index in [1.54, 1.807) is 13.0 Å². The zero-order valence-electron chi connectivity index (χ0n) is 14.6. The number of nitrogens with one attached hydrogen (secondary N) is 1. The Morgan fingerprint density at radius 1 is 1.04 bits per heavy atom. The largest absolute Gasteiger partial charge is 0.423 e. The molecule has 0 saturated heterocycles. The Labute approximate surface area is 154 Å². The van der Waals surface area contributed by atoms with Crippen molar-refractivity contribution in [3.63, 3.8) is 0 Å². The zero-order chi connectivity index (χ0) is 19.0. The molecule has 0 fully saturated rings. The predicted octanol–water partition coefficient (Wildman–Crippen LogP) is 5.08. The molecule has 1 heterocycles. The van der Waals surface area contributed by atoms with Crippen LogP contribution in [0, 0.1) is 11.6 Å². The summed E-state index contributed by atoms with van der Waals surface area (Å²) in [5.41, 5.74) is 1.22. The number of benzene rings is 3. The van der Waals surface area contributed by atoms with E-state index in [-0.39, 0.29) is 6.04 Å². The number of halogens is 2. The van der Waals surface area contributed by atoms with Crippen molar-refractivity contribution in [1.29, 1.82) is 0 Å². The molecule has 0 aliphatic rings. The third-order valence-electron chi connectivity index (χ3n) is 4.74. The zero-order valence-corrected chi connectivity index (χ0v) is 14.6. The van der Waals surface area contributed by atoms with E-state index >= 15 is 0 Å². The maximum Gasteiger partial charge on any atom is 0.336 e. The minimum Gasteiger partial charge on any atom is -0.423 e. The van der Waals surface area contributed by atoms with Gasteiger partial charge in [-0.25, -0.2) is 13.6 Å². The lowest BCUT2D eigenvalue weighted by molar-refractivity contribution is 0.515. The second-order valence-electron chi connectivity index (χ2n) is 6.52. The van der Waals surface area contributed by atoms with E-state index in [1.165, 1.54) is 18.2 Å². The van der Waals surface area contributed by atoms with Gasteiger partial charge in [-0.3, -0.25) is 0 Å². The van der Waals surface area contributed by atoms with Gasteiger partial charge in [-0.1, -0.05) is 36.4 Å². The van der Waals surface area contributed by atoms with Crippen LogP contribution >= 0.6 is 0 Å². The highest BCUT2D eigenvalue weighted by atomic mass is 19.1. The van der Waals surface area contributed by atoms with Crippen molar-refractivity contribution >= 4 is 21.7 Å². The number of rotatable bonds is 4. The maximum absolute atomic E-state index is 14.0. The molecule has 4 rings (SSSR count). The molecule has 0 aliphatic heterocycles. The molecule has 27 heavy (non-hydrogen) atoms. The van der Waals surface area contributed by atoms with Crippen LogP contribution in [0.15, 0.2) is 69.9 Å². The highest BCUT2D eigenvalue weighted by Gasteiger charge is 2.14. The SMILES string of the molecule is C[C@@H](NCc1cc(=O)oc2ccc3ccccc3c12)c1ccc(F)cc1F. The van der Waals surface area contributed by atoms with Gasteiger partial charge in [0.15, 0.2) is 0 Å². The fourth-order valence-corrected chi connectivity index (χ4v) is 3.39. The maximum atomic E-state index is 14.0. The van der Waals surface area contributed by atoms with Gasteiger partial charge < -0.3 is 9.73 Å². The van der Waals surface area contributed by atoms with Gasteiger partial charge >= 0.3 is 5.63 Å². The molecule has 0 aliphatic carbocycles. The van der Waals surface area contributed by atoms with Crippen LogP contribution < -0.4 is 10.9 Å². The number of hydrogen-bond donors (Lipinski definition) is 1. The summed E-state index contributed by atoms with van der Waals surface area (Å²) in [7, 11) is 0. The average molecular weight is 365 g/mol. The summed E-state index contributed by atoms with van der Waals surface area (Å²) in [6, 6.07) is 16.2. The van der Waals surface area contributed by atoms with E-state index in [0.717, 1.165) is 27.8 Å². The van der Waals surface area contributed by atoms with E-state index in [9.17, 15) is 13.6 Å². The van der Waals surface area contributed by atoms with Crippen LogP contribution in [0.2, 0.25) is 0 Å². The number of hydrogen-bond acceptors (Lipinski definition) is 3. The quantitative estimate of drug-likeness (QED) is 0.405. The van der Waals surface area contributed by atoms with E-state index in [0.29, 0.717) is 17.7 Å². The molecular weight excluding hydrogens is 348 g/mol. The van der Waals surface area contributed by atoms with Crippen LogP contribution in [0.25, 0.3) is 21.7 Å². The Balaban J connectivity index is 1.73. The number of fused-ring (bicyclic) bond motifs is 3. The molecule has 1 atom stereocenters. The molecule has 1 N–H and O–H groups in total. The van der Waals surface area contributed by atoms with E-state index < -0.39 is 17.3 Å². The Bertz CT molecular complexity index is 1200. The summed E-state index contributed by atoms with van der Waals surface area (Å²) in [4.78, 5) is 12.0. The summed E-state index contributed by atoms with van der Waals surface area (Å²) in [6.45, 7) is 2.14. The minimum atomic E-state index is -0.610. The molecule has 0 amide bonds. The second-order valence-corrected chi connectivity index (χ2v) is 6.52. The van der Waals surface area contributed by atoms with Gasteiger partial charge in [0.1, 0.15) is 17.2 Å². The van der Waals surface area contributed by atoms with Gasteiger partial charge in [-0.2, -0.15) is 0 Å². The monoisotopic (exact) mass is 365 g/mol. The van der Waals surface area contributed by atoms with Crippen LogP contribution in [0.1, 0.15) is 24.1 Å². The molecule has 0 saturated carbocycles. The van der Waals surface area contributed by atoms with Gasteiger partial charge in [0.25, 0.3) is 0 Å². The fraction of sp³-hybridized carbons (Fsp3) is 0.136. The van der Waals surface area contributed by atoms with Crippen molar-refractivity contribution in [3.05, 3.63) is 93.8 Å². The van der Waals surface area contributed by atoms with Gasteiger partial charge in [-0.05, 0) is 35.4 Å². The standard InChI is InChI=1S/C22H17F2NO2/c1-13(17-8-7-16(23)11-19(17)24)25-12-15-10-21(26)27-20-9-6-14-4-2-3-5-18(14)22(15)20/h2-11,13,25H,12H2,1H3/t13-/m1/s1. The normalized spacial score (nSPS) is 12.6. The van der Waals surface area contributed by atoms with Crippen LogP contribution in [0.5, 0.6) is 0 Å². The smallest absolute Gasteiger partial charge is 0.336 e. The minimum absolute atomic E-state index is 0.341. The van der Waals surface area contributed by atoms with E-state index in [1.807, 2.05) is 30.3 Å². The molecule has 0 radical (unpaired) electrons. The highest BCUT2D eigenvalue weighted by Crippen LogP contribution is 2.28. The molecule has 1 aromatic heterocycles. The highest BCUT2D eigenvalue weighted by molar-refractivity contribution is 6.07. The lowest BCUT2D eigenvalue weighted by atomic mass is 10.0. The Kier molecular flexibility index (Phi) is 4.46. The van der Waals surface area contributed by atoms with Crippen LogP contribution in [-0.2, 0) is 6.54 Å². The summed E-state index contributed by atoms with van der Waals surface area (Å²) in [5, 5.41) is 6.09. The van der Waals surface area contributed by atoms with Crippen molar-refractivity contribution in [2.75, 3.05) is 0 Å². The third-order valence-corrected chi connectivity index (χ3v) is 4.74. The van der Waals surface area contributed by atoms with Crippen molar-refractivity contribution in [2.45, 2.75) is 19.5 Å². The average Bonchev–Trinajstić information content (AvgIpc) is 2.65. The molecule has 0 spiro atoms. The van der Waals surface area contributed by atoms with E-state index in [2.05, 4.69) is 5.32 Å². The van der Waals surface area contributed by atoms with E-state index in [4.69, 9.17) is 4.42 Å². The lowest BCUT2D eigenvalue weighted by Gasteiger charge is -2.16. The first-order valence-electron chi connectivity index (χ1n) is 8.66. The molecule has 0 unspecified atom stereocenters. The summed E-state index contributed by atoms with van der Waals surface area (Å²) in [6.07, 6.45) is 0. The van der Waals surface area contributed by atoms with Gasteiger partial charge in [-0.15, -0.1) is 0 Å².